The van der Waals surface area contributed by atoms with Gasteiger partial charge >= 0.3 is 0 Å². The Bertz CT molecular complexity index is 1140. The fourth-order valence-electron chi connectivity index (χ4n) is 3.57. The predicted molar refractivity (Wildman–Crippen MR) is 123 cm³/mol. The summed E-state index contributed by atoms with van der Waals surface area (Å²) in [5, 5.41) is 3.26. The van der Waals surface area contributed by atoms with Crippen LogP contribution in [-0.4, -0.2) is 12.7 Å². The number of rotatable bonds is 4. The monoisotopic (exact) mass is 526 g/mol. The molecule has 0 aromatic heterocycles. The van der Waals surface area contributed by atoms with Gasteiger partial charge in [-0.1, -0.05) is 37.9 Å². The Labute approximate surface area is 190 Å². The van der Waals surface area contributed by atoms with Crippen molar-refractivity contribution < 1.29 is 14.3 Å². The van der Waals surface area contributed by atoms with Gasteiger partial charge in [-0.05, 0) is 72.3 Å². The van der Waals surface area contributed by atoms with Crippen molar-refractivity contribution in [1.82, 2.24) is 0 Å². The minimum atomic E-state index is -0.272. The van der Waals surface area contributed by atoms with E-state index in [0.717, 1.165) is 31.6 Å². The van der Waals surface area contributed by atoms with Crippen LogP contribution in [0.3, 0.4) is 0 Å². The quantitative estimate of drug-likeness (QED) is 0.450. The Morgan fingerprint density at radius 3 is 2.27 bits per heavy atom. The van der Waals surface area contributed by atoms with Crippen molar-refractivity contribution in [2.75, 3.05) is 17.0 Å². The van der Waals surface area contributed by atoms with Gasteiger partial charge < -0.3 is 14.8 Å². The molecule has 3 aromatic carbocycles. The summed E-state index contributed by atoms with van der Waals surface area (Å²) in [5.41, 5.74) is 3.14. The van der Waals surface area contributed by atoms with Crippen LogP contribution in [0.5, 0.6) is 11.5 Å². The average molecular weight is 528 g/mol. The Balaban J connectivity index is 1.54. The van der Waals surface area contributed by atoms with Gasteiger partial charge in [0.15, 0.2) is 11.5 Å². The van der Waals surface area contributed by atoms with Crippen LogP contribution in [-0.2, 0) is 4.79 Å². The van der Waals surface area contributed by atoms with Gasteiger partial charge in [0.2, 0.25) is 6.79 Å². The maximum atomic E-state index is 13.4. The van der Waals surface area contributed by atoms with Gasteiger partial charge in [-0.15, -0.1) is 0 Å². The van der Waals surface area contributed by atoms with E-state index >= 15 is 0 Å². The number of carbonyl (C=O) groups excluding carboxylic acids is 1. The number of ether oxygens (including phenoxy) is 2. The molecule has 2 aliphatic rings. The zero-order valence-corrected chi connectivity index (χ0v) is 18.8. The molecule has 0 aliphatic carbocycles. The summed E-state index contributed by atoms with van der Waals surface area (Å²) < 4.78 is 12.9. The molecule has 7 heteroatoms. The lowest BCUT2D eigenvalue weighted by Gasteiger charge is -2.25. The summed E-state index contributed by atoms with van der Waals surface area (Å²) in [6.07, 6.45) is 1.95. The van der Waals surface area contributed by atoms with Crippen LogP contribution in [0.4, 0.5) is 11.4 Å². The highest BCUT2D eigenvalue weighted by molar-refractivity contribution is 9.10. The summed E-state index contributed by atoms with van der Waals surface area (Å²) >= 11 is 6.90. The lowest BCUT2D eigenvalue weighted by Crippen LogP contribution is -2.30. The van der Waals surface area contributed by atoms with Crippen molar-refractivity contribution in [1.29, 1.82) is 0 Å². The highest BCUT2D eigenvalue weighted by Crippen LogP contribution is 2.40. The smallest absolute Gasteiger partial charge is 0.275 e. The number of hydrogen-bond acceptors (Lipinski definition) is 4. The number of anilines is 2. The van der Waals surface area contributed by atoms with Crippen LogP contribution >= 0.6 is 31.9 Å². The minimum Gasteiger partial charge on any atom is -0.454 e. The van der Waals surface area contributed by atoms with Crippen molar-refractivity contribution in [3.05, 3.63) is 93.0 Å². The molecule has 1 atom stereocenters. The summed E-state index contributed by atoms with van der Waals surface area (Å²) in [5.74, 6) is 1.32. The average Bonchev–Trinajstić information content (AvgIpc) is 3.35. The second-order valence-corrected chi connectivity index (χ2v) is 8.75. The normalized spacial score (nSPS) is 17.3. The highest BCUT2D eigenvalue weighted by atomic mass is 79.9. The second-order valence-electron chi connectivity index (χ2n) is 6.92. The molecular weight excluding hydrogens is 512 g/mol. The maximum absolute atomic E-state index is 13.4. The Kier molecular flexibility index (Phi) is 5.00. The highest BCUT2D eigenvalue weighted by Gasteiger charge is 2.35. The number of halogens is 2. The first-order valence-electron chi connectivity index (χ1n) is 9.31. The van der Waals surface area contributed by atoms with Gasteiger partial charge in [-0.3, -0.25) is 9.69 Å². The number of benzene rings is 3. The molecule has 0 radical (unpaired) electrons. The van der Waals surface area contributed by atoms with E-state index in [0.29, 0.717) is 11.4 Å². The largest absolute Gasteiger partial charge is 0.454 e. The SMILES string of the molecule is O=C1C(Nc2ccc(Br)cc2)=C[C@H](c2ccc3c(c2)OCO3)N1c1ccc(Br)cc1. The molecule has 1 N–H and O–H groups in total. The molecule has 30 heavy (non-hydrogen) atoms. The van der Waals surface area contributed by atoms with Crippen molar-refractivity contribution in [3.8, 4) is 11.5 Å². The molecule has 3 aromatic rings. The molecule has 0 spiro atoms. The molecule has 0 fully saturated rings. The Morgan fingerprint density at radius 1 is 0.867 bits per heavy atom. The first-order chi connectivity index (χ1) is 14.6. The van der Waals surface area contributed by atoms with E-state index in [-0.39, 0.29) is 18.7 Å². The summed E-state index contributed by atoms with van der Waals surface area (Å²) in [6, 6.07) is 21.0. The number of hydrogen-bond donors (Lipinski definition) is 1. The lowest BCUT2D eigenvalue weighted by atomic mass is 10.1. The molecule has 0 bridgehead atoms. The number of fused-ring (bicyclic) bond motifs is 1. The fourth-order valence-corrected chi connectivity index (χ4v) is 4.09. The molecule has 2 aliphatic heterocycles. The molecule has 5 rings (SSSR count). The van der Waals surface area contributed by atoms with Crippen molar-refractivity contribution in [2.24, 2.45) is 0 Å². The summed E-state index contributed by atoms with van der Waals surface area (Å²) in [7, 11) is 0. The predicted octanol–water partition coefficient (Wildman–Crippen LogP) is 6.02. The van der Waals surface area contributed by atoms with E-state index in [1.165, 1.54) is 0 Å². The van der Waals surface area contributed by atoms with Crippen LogP contribution in [0.2, 0.25) is 0 Å². The molecular formula is C23H16Br2N2O3. The van der Waals surface area contributed by atoms with Gasteiger partial charge in [0.25, 0.3) is 5.91 Å². The maximum Gasteiger partial charge on any atom is 0.275 e. The van der Waals surface area contributed by atoms with Gasteiger partial charge in [0, 0.05) is 20.3 Å². The number of carbonyl (C=O) groups is 1. The molecule has 150 valence electrons. The van der Waals surface area contributed by atoms with Crippen LogP contribution < -0.4 is 19.7 Å². The van der Waals surface area contributed by atoms with Crippen molar-refractivity contribution >= 4 is 49.1 Å². The molecule has 5 nitrogen and oxygen atoms in total. The molecule has 1 amide bonds. The van der Waals surface area contributed by atoms with E-state index in [2.05, 4.69) is 37.2 Å². The third kappa shape index (κ3) is 3.59. The molecule has 0 saturated carbocycles. The zero-order valence-electron chi connectivity index (χ0n) is 15.6. The van der Waals surface area contributed by atoms with Crippen LogP contribution in [0.25, 0.3) is 0 Å². The van der Waals surface area contributed by atoms with E-state index in [4.69, 9.17) is 9.47 Å². The molecule has 0 unspecified atom stereocenters. The van der Waals surface area contributed by atoms with Crippen molar-refractivity contribution in [2.45, 2.75) is 6.04 Å². The van der Waals surface area contributed by atoms with Crippen LogP contribution in [0, 0.1) is 0 Å². The first-order valence-corrected chi connectivity index (χ1v) is 10.9. The second kappa shape index (κ2) is 7.81. The van der Waals surface area contributed by atoms with Gasteiger partial charge in [-0.2, -0.15) is 0 Å². The minimum absolute atomic E-state index is 0.0945. The van der Waals surface area contributed by atoms with Crippen LogP contribution in [0.1, 0.15) is 11.6 Å². The zero-order chi connectivity index (χ0) is 20.7. The third-order valence-electron chi connectivity index (χ3n) is 5.02. The van der Waals surface area contributed by atoms with E-state index in [1.807, 2.05) is 72.8 Å². The van der Waals surface area contributed by atoms with E-state index in [1.54, 1.807) is 4.90 Å². The third-order valence-corrected chi connectivity index (χ3v) is 6.08. The van der Waals surface area contributed by atoms with Crippen LogP contribution in [0.15, 0.2) is 87.4 Å². The molecule has 0 saturated heterocycles. The van der Waals surface area contributed by atoms with Gasteiger partial charge in [0.1, 0.15) is 5.70 Å². The number of amides is 1. The number of nitrogens with zero attached hydrogens (tertiary/aromatic N) is 1. The number of nitrogens with one attached hydrogen (secondary N) is 1. The van der Waals surface area contributed by atoms with E-state index in [9.17, 15) is 4.79 Å². The first kappa shape index (κ1) is 19.2. The summed E-state index contributed by atoms with van der Waals surface area (Å²) in [6.45, 7) is 0.213. The lowest BCUT2D eigenvalue weighted by molar-refractivity contribution is -0.114. The standard InChI is InChI=1S/C23H16Br2N2O3/c24-15-2-6-17(7-3-15)26-19-12-20(14-1-10-21-22(11-14)30-13-29-21)27(23(19)28)18-8-4-16(25)5-9-18/h1-12,20,26H,13H2/t20-/m1/s1. The molecule has 2 heterocycles. The summed E-state index contributed by atoms with van der Waals surface area (Å²) in [4.78, 5) is 15.2. The topological polar surface area (TPSA) is 50.8 Å². The Hall–Kier alpha value is -2.77. The fraction of sp³-hybridized carbons (Fsp3) is 0.0870. The van der Waals surface area contributed by atoms with Crippen molar-refractivity contribution in [3.63, 3.8) is 0 Å². The van der Waals surface area contributed by atoms with E-state index < -0.39 is 0 Å². The Morgan fingerprint density at radius 2 is 1.53 bits per heavy atom. The van der Waals surface area contributed by atoms with Gasteiger partial charge in [-0.25, -0.2) is 0 Å². The van der Waals surface area contributed by atoms with Gasteiger partial charge in [0.05, 0.1) is 6.04 Å².